The Balaban J connectivity index is 1.65. The van der Waals surface area contributed by atoms with E-state index in [9.17, 15) is 4.79 Å². The largest absolute Gasteiger partial charge is 0.481 e. The van der Waals surface area contributed by atoms with Crippen LogP contribution in [0.5, 0.6) is 0 Å². The highest BCUT2D eigenvalue weighted by Crippen LogP contribution is 2.50. The number of hydrogen-bond donors (Lipinski definition) is 1. The van der Waals surface area contributed by atoms with Crippen molar-refractivity contribution < 1.29 is 19.4 Å². The number of ether oxygens (including phenoxy) is 2. The van der Waals surface area contributed by atoms with Crippen LogP contribution in [0.1, 0.15) is 32.1 Å². The summed E-state index contributed by atoms with van der Waals surface area (Å²) in [6.07, 6.45) is 4.08. The van der Waals surface area contributed by atoms with E-state index in [1.54, 1.807) is 0 Å². The van der Waals surface area contributed by atoms with Crippen molar-refractivity contribution in [3.8, 4) is 0 Å². The van der Waals surface area contributed by atoms with E-state index in [4.69, 9.17) is 14.6 Å². The summed E-state index contributed by atoms with van der Waals surface area (Å²) < 4.78 is 10.6. The lowest BCUT2D eigenvalue weighted by molar-refractivity contribution is -0.143. The van der Waals surface area contributed by atoms with Crippen molar-refractivity contribution in [1.82, 2.24) is 0 Å². The van der Waals surface area contributed by atoms with E-state index < -0.39 is 11.4 Å². The van der Waals surface area contributed by atoms with Crippen molar-refractivity contribution in [2.45, 2.75) is 38.4 Å². The second-order valence-electron chi connectivity index (χ2n) is 4.15. The van der Waals surface area contributed by atoms with Crippen molar-refractivity contribution in [2.75, 3.05) is 13.2 Å². The molecular weight excluding hydrogens is 184 g/mol. The molecule has 2 rings (SSSR count). The molecule has 0 unspecified atom stereocenters. The first-order chi connectivity index (χ1) is 6.73. The quantitative estimate of drug-likeness (QED) is 0.728. The van der Waals surface area contributed by atoms with Crippen LogP contribution in [0.2, 0.25) is 0 Å². The lowest BCUT2D eigenvalue weighted by Crippen LogP contribution is -2.16. The van der Waals surface area contributed by atoms with Crippen molar-refractivity contribution in [3.05, 3.63) is 0 Å². The van der Waals surface area contributed by atoms with Crippen LogP contribution in [0.4, 0.5) is 0 Å². The zero-order valence-corrected chi connectivity index (χ0v) is 8.20. The first kappa shape index (κ1) is 9.93. The minimum absolute atomic E-state index is 0.0837. The number of carbonyl (C=O) groups is 1. The zero-order valence-electron chi connectivity index (χ0n) is 8.20. The predicted molar refractivity (Wildman–Crippen MR) is 48.8 cm³/mol. The molecule has 1 heterocycles. The van der Waals surface area contributed by atoms with Gasteiger partial charge in [-0.3, -0.25) is 4.79 Å². The molecule has 0 bridgehead atoms. The number of rotatable bonds is 5. The van der Waals surface area contributed by atoms with Gasteiger partial charge in [-0.05, 0) is 32.1 Å². The summed E-state index contributed by atoms with van der Waals surface area (Å²) in [5.74, 6) is -0.634. The summed E-state index contributed by atoms with van der Waals surface area (Å²) in [5.41, 5.74) is -0.390. The molecule has 14 heavy (non-hydrogen) atoms. The number of carboxylic acid groups (broad SMARTS) is 1. The van der Waals surface area contributed by atoms with Crippen LogP contribution in [-0.2, 0) is 14.3 Å². The average Bonchev–Trinajstić information content (AvgIpc) is 2.76. The van der Waals surface area contributed by atoms with Gasteiger partial charge in [0.2, 0.25) is 0 Å². The van der Waals surface area contributed by atoms with Gasteiger partial charge in [0, 0.05) is 0 Å². The summed E-state index contributed by atoms with van der Waals surface area (Å²) in [4.78, 5) is 10.8. The number of carboxylic acids is 1. The molecule has 4 nitrogen and oxygen atoms in total. The Labute approximate surface area is 83.2 Å². The maximum atomic E-state index is 10.8. The molecule has 0 aromatic carbocycles. The van der Waals surface area contributed by atoms with Gasteiger partial charge in [-0.1, -0.05) is 0 Å². The Morgan fingerprint density at radius 1 is 1.36 bits per heavy atom. The molecule has 1 saturated heterocycles. The van der Waals surface area contributed by atoms with Crippen LogP contribution in [0, 0.1) is 5.41 Å². The van der Waals surface area contributed by atoms with E-state index >= 15 is 0 Å². The molecule has 1 N–H and O–H groups in total. The lowest BCUT2D eigenvalue weighted by atomic mass is 9.99. The number of hydrogen-bond acceptors (Lipinski definition) is 3. The van der Waals surface area contributed by atoms with E-state index in [2.05, 4.69) is 0 Å². The van der Waals surface area contributed by atoms with Crippen LogP contribution >= 0.6 is 0 Å². The zero-order chi connectivity index (χ0) is 10.0. The van der Waals surface area contributed by atoms with Crippen LogP contribution in [0.3, 0.4) is 0 Å². The normalized spacial score (nSPS) is 25.1. The minimum atomic E-state index is -0.634. The fourth-order valence-corrected chi connectivity index (χ4v) is 1.90. The first-order valence-electron chi connectivity index (χ1n) is 5.20. The molecular formula is C10H16O4. The maximum Gasteiger partial charge on any atom is 0.309 e. The average molecular weight is 200 g/mol. The molecule has 80 valence electrons. The standard InChI is InChI=1S/C10H16O4/c11-9(12)10(4-5-10)3-1-2-8-13-6-7-14-8/h8H,1-7H2,(H,11,12). The molecule has 0 spiro atoms. The Morgan fingerprint density at radius 2 is 2.00 bits per heavy atom. The molecule has 0 aromatic heterocycles. The van der Waals surface area contributed by atoms with Crippen molar-refractivity contribution >= 4 is 5.97 Å². The van der Waals surface area contributed by atoms with Crippen LogP contribution in [0.25, 0.3) is 0 Å². The molecule has 4 heteroatoms. The van der Waals surface area contributed by atoms with Crippen LogP contribution in [0.15, 0.2) is 0 Å². The molecule has 1 aliphatic carbocycles. The van der Waals surface area contributed by atoms with Crippen LogP contribution in [-0.4, -0.2) is 30.6 Å². The summed E-state index contributed by atoms with van der Waals surface area (Å²) >= 11 is 0. The molecule has 1 aliphatic heterocycles. The minimum Gasteiger partial charge on any atom is -0.481 e. The fraction of sp³-hybridized carbons (Fsp3) is 0.900. The van der Waals surface area contributed by atoms with E-state index in [0.29, 0.717) is 13.2 Å². The molecule has 1 saturated carbocycles. The van der Waals surface area contributed by atoms with Gasteiger partial charge in [0.1, 0.15) is 0 Å². The van der Waals surface area contributed by atoms with E-state index in [-0.39, 0.29) is 6.29 Å². The molecule has 2 aliphatic rings. The summed E-state index contributed by atoms with van der Waals surface area (Å²) in [6, 6.07) is 0. The van der Waals surface area contributed by atoms with Crippen LogP contribution < -0.4 is 0 Å². The van der Waals surface area contributed by atoms with E-state index in [1.165, 1.54) is 0 Å². The molecule has 2 fully saturated rings. The fourth-order valence-electron chi connectivity index (χ4n) is 1.90. The predicted octanol–water partition coefficient (Wildman–Crippen LogP) is 1.39. The highest BCUT2D eigenvalue weighted by atomic mass is 16.7. The summed E-state index contributed by atoms with van der Waals surface area (Å²) in [7, 11) is 0. The van der Waals surface area contributed by atoms with Gasteiger partial charge in [0.05, 0.1) is 18.6 Å². The third-order valence-electron chi connectivity index (χ3n) is 3.09. The highest BCUT2D eigenvalue weighted by molar-refractivity contribution is 5.77. The maximum absolute atomic E-state index is 10.8. The molecule has 0 atom stereocenters. The van der Waals surface area contributed by atoms with Gasteiger partial charge >= 0.3 is 5.97 Å². The highest BCUT2D eigenvalue weighted by Gasteiger charge is 2.49. The topological polar surface area (TPSA) is 55.8 Å². The SMILES string of the molecule is O=C(O)C1(CCCC2OCCO2)CC1. The Hall–Kier alpha value is -0.610. The van der Waals surface area contributed by atoms with Crippen molar-refractivity contribution in [2.24, 2.45) is 5.41 Å². The Morgan fingerprint density at radius 3 is 2.50 bits per heavy atom. The monoisotopic (exact) mass is 200 g/mol. The van der Waals surface area contributed by atoms with Gasteiger partial charge in [-0.25, -0.2) is 0 Å². The number of aliphatic carboxylic acids is 1. The molecule has 0 aromatic rings. The lowest BCUT2D eigenvalue weighted by Gasteiger charge is -2.11. The van der Waals surface area contributed by atoms with Gasteiger partial charge in [-0.15, -0.1) is 0 Å². The second-order valence-corrected chi connectivity index (χ2v) is 4.15. The van der Waals surface area contributed by atoms with Gasteiger partial charge < -0.3 is 14.6 Å². The second kappa shape index (κ2) is 3.87. The van der Waals surface area contributed by atoms with Gasteiger partial charge in [-0.2, -0.15) is 0 Å². The molecule has 0 radical (unpaired) electrons. The van der Waals surface area contributed by atoms with Gasteiger partial charge in [0.15, 0.2) is 6.29 Å². The Kier molecular flexibility index (Phi) is 2.74. The van der Waals surface area contributed by atoms with E-state index in [0.717, 1.165) is 32.1 Å². The van der Waals surface area contributed by atoms with Gasteiger partial charge in [0.25, 0.3) is 0 Å². The van der Waals surface area contributed by atoms with Crippen molar-refractivity contribution in [3.63, 3.8) is 0 Å². The van der Waals surface area contributed by atoms with Crippen molar-refractivity contribution in [1.29, 1.82) is 0 Å². The smallest absolute Gasteiger partial charge is 0.309 e. The summed E-state index contributed by atoms with van der Waals surface area (Å²) in [6.45, 7) is 1.35. The molecule has 0 amide bonds. The summed E-state index contributed by atoms with van der Waals surface area (Å²) in [5, 5.41) is 8.93. The Bertz CT molecular complexity index is 216. The first-order valence-corrected chi connectivity index (χ1v) is 5.20. The third-order valence-corrected chi connectivity index (χ3v) is 3.09. The van der Waals surface area contributed by atoms with E-state index in [1.807, 2.05) is 0 Å². The third kappa shape index (κ3) is 2.07.